The fraction of sp³-hybridized carbons (Fsp3) is 0.364. The Balaban J connectivity index is 1.84. The summed E-state index contributed by atoms with van der Waals surface area (Å²) >= 11 is 0. The number of carbonyl (C=O) groups excluding carboxylic acids is 2. The first-order chi connectivity index (χ1) is 14.8. The standard InChI is InChI=1S/C22H26N2O6S/c1-4-15(2)23-21(25)14-30-22(26)18-13-17(9-10-20(18)29-3)31(27,28)24-12-11-16-7-5-6-8-19(16)24/h5-10,13,15H,4,11-12,14H2,1-3H3,(H,23,25). The van der Waals surface area contributed by atoms with Crippen molar-refractivity contribution in [2.45, 2.75) is 37.6 Å². The Bertz CT molecular complexity index is 1080. The number of benzene rings is 2. The Labute approximate surface area is 182 Å². The van der Waals surface area contributed by atoms with E-state index in [1.807, 2.05) is 26.0 Å². The van der Waals surface area contributed by atoms with E-state index in [4.69, 9.17) is 9.47 Å². The van der Waals surface area contributed by atoms with Gasteiger partial charge < -0.3 is 14.8 Å². The maximum Gasteiger partial charge on any atom is 0.342 e. The van der Waals surface area contributed by atoms with Crippen molar-refractivity contribution in [2.24, 2.45) is 0 Å². The zero-order chi connectivity index (χ0) is 22.6. The van der Waals surface area contributed by atoms with Gasteiger partial charge in [0.05, 0.1) is 17.7 Å². The first-order valence-corrected chi connectivity index (χ1v) is 11.5. The van der Waals surface area contributed by atoms with Gasteiger partial charge in [0.2, 0.25) is 0 Å². The molecule has 166 valence electrons. The van der Waals surface area contributed by atoms with Crippen molar-refractivity contribution >= 4 is 27.6 Å². The van der Waals surface area contributed by atoms with Gasteiger partial charge in [-0.2, -0.15) is 0 Å². The molecule has 1 atom stereocenters. The van der Waals surface area contributed by atoms with Crippen LogP contribution in [0.3, 0.4) is 0 Å². The average Bonchev–Trinajstić information content (AvgIpc) is 3.22. The van der Waals surface area contributed by atoms with Crippen molar-refractivity contribution in [3.8, 4) is 5.75 Å². The Morgan fingerprint density at radius 3 is 2.65 bits per heavy atom. The van der Waals surface area contributed by atoms with E-state index in [9.17, 15) is 18.0 Å². The maximum absolute atomic E-state index is 13.3. The van der Waals surface area contributed by atoms with Crippen molar-refractivity contribution in [1.29, 1.82) is 0 Å². The first-order valence-electron chi connectivity index (χ1n) is 10.0. The molecule has 0 spiro atoms. The van der Waals surface area contributed by atoms with E-state index in [0.717, 1.165) is 12.0 Å². The summed E-state index contributed by atoms with van der Waals surface area (Å²) in [5.74, 6) is -1.11. The average molecular weight is 447 g/mol. The lowest BCUT2D eigenvalue weighted by molar-refractivity contribution is -0.124. The fourth-order valence-corrected chi connectivity index (χ4v) is 4.85. The van der Waals surface area contributed by atoms with Crippen LogP contribution in [0.5, 0.6) is 5.75 Å². The molecule has 1 aliphatic heterocycles. The molecular weight excluding hydrogens is 420 g/mol. The summed E-state index contributed by atoms with van der Waals surface area (Å²) in [5.41, 5.74) is 1.52. The van der Waals surface area contributed by atoms with Crippen LogP contribution in [-0.2, 0) is 26.0 Å². The quantitative estimate of drug-likeness (QED) is 0.625. The normalized spacial score (nSPS) is 14.0. The minimum atomic E-state index is -3.89. The molecule has 9 heteroatoms. The van der Waals surface area contributed by atoms with Crippen molar-refractivity contribution in [3.63, 3.8) is 0 Å². The lowest BCUT2D eigenvalue weighted by Gasteiger charge is -2.20. The summed E-state index contributed by atoms with van der Waals surface area (Å²) in [4.78, 5) is 24.4. The topological polar surface area (TPSA) is 102 Å². The molecule has 1 amide bonds. The number of ether oxygens (including phenoxy) is 2. The highest BCUT2D eigenvalue weighted by Gasteiger charge is 2.31. The third-order valence-corrected chi connectivity index (χ3v) is 6.99. The number of methoxy groups -OCH3 is 1. The molecule has 0 fully saturated rings. The maximum atomic E-state index is 13.3. The summed E-state index contributed by atoms with van der Waals surface area (Å²) < 4.78 is 38.1. The van der Waals surface area contributed by atoms with Crippen molar-refractivity contribution in [1.82, 2.24) is 5.32 Å². The van der Waals surface area contributed by atoms with Gasteiger partial charge in [0.15, 0.2) is 6.61 Å². The van der Waals surface area contributed by atoms with Crippen LogP contribution in [0.4, 0.5) is 5.69 Å². The molecule has 0 aliphatic carbocycles. The van der Waals surface area contributed by atoms with Gasteiger partial charge in [-0.1, -0.05) is 25.1 Å². The van der Waals surface area contributed by atoms with Gasteiger partial charge in [-0.05, 0) is 49.6 Å². The van der Waals surface area contributed by atoms with E-state index in [2.05, 4.69) is 5.32 Å². The lowest BCUT2D eigenvalue weighted by Crippen LogP contribution is -2.35. The molecule has 0 bridgehead atoms. The summed E-state index contributed by atoms with van der Waals surface area (Å²) in [6, 6.07) is 11.3. The molecule has 1 N–H and O–H groups in total. The highest BCUT2D eigenvalue weighted by molar-refractivity contribution is 7.92. The van der Waals surface area contributed by atoms with Gasteiger partial charge in [-0.3, -0.25) is 9.10 Å². The number of amides is 1. The van der Waals surface area contributed by atoms with E-state index in [1.165, 1.54) is 29.6 Å². The molecule has 1 heterocycles. The monoisotopic (exact) mass is 446 g/mol. The SMILES string of the molecule is CCC(C)NC(=O)COC(=O)c1cc(S(=O)(=O)N2CCc3ccccc32)ccc1OC. The zero-order valence-corrected chi connectivity index (χ0v) is 18.6. The molecule has 3 rings (SSSR count). The molecule has 31 heavy (non-hydrogen) atoms. The highest BCUT2D eigenvalue weighted by Crippen LogP contribution is 2.34. The molecule has 0 aromatic heterocycles. The number of sulfonamides is 1. The van der Waals surface area contributed by atoms with Crippen LogP contribution >= 0.6 is 0 Å². The molecule has 0 saturated heterocycles. The minimum absolute atomic E-state index is 0.0439. The number of rotatable bonds is 8. The molecule has 8 nitrogen and oxygen atoms in total. The van der Waals surface area contributed by atoms with Crippen molar-refractivity contribution in [2.75, 3.05) is 24.6 Å². The van der Waals surface area contributed by atoms with E-state index in [1.54, 1.807) is 12.1 Å². The second-order valence-electron chi connectivity index (χ2n) is 7.27. The van der Waals surface area contributed by atoms with E-state index in [0.29, 0.717) is 18.7 Å². The molecule has 2 aromatic rings. The molecular formula is C22H26N2O6S. The first kappa shape index (κ1) is 22.6. The number of nitrogens with zero attached hydrogens (tertiary/aromatic N) is 1. The molecule has 1 unspecified atom stereocenters. The summed E-state index contributed by atoms with van der Waals surface area (Å²) in [5, 5.41) is 2.70. The molecule has 2 aromatic carbocycles. The number of hydrogen-bond donors (Lipinski definition) is 1. The summed E-state index contributed by atoms with van der Waals surface area (Å²) in [6.07, 6.45) is 1.36. The van der Waals surface area contributed by atoms with Crippen LogP contribution in [0.1, 0.15) is 36.2 Å². The molecule has 1 aliphatic rings. The second-order valence-corrected chi connectivity index (χ2v) is 9.13. The summed E-state index contributed by atoms with van der Waals surface area (Å²) in [7, 11) is -2.53. The van der Waals surface area contributed by atoms with Gasteiger partial charge >= 0.3 is 5.97 Å². The van der Waals surface area contributed by atoms with E-state index >= 15 is 0 Å². The van der Waals surface area contributed by atoms with Gasteiger partial charge in [0, 0.05) is 12.6 Å². The number of anilines is 1. The van der Waals surface area contributed by atoms with Crippen LogP contribution in [-0.4, -0.2) is 46.6 Å². The zero-order valence-electron chi connectivity index (χ0n) is 17.8. The van der Waals surface area contributed by atoms with Gasteiger partial charge in [0.25, 0.3) is 15.9 Å². The van der Waals surface area contributed by atoms with Crippen LogP contribution in [0, 0.1) is 0 Å². The lowest BCUT2D eigenvalue weighted by atomic mass is 10.2. The van der Waals surface area contributed by atoms with Gasteiger partial charge in [0.1, 0.15) is 11.3 Å². The minimum Gasteiger partial charge on any atom is -0.496 e. The fourth-order valence-electron chi connectivity index (χ4n) is 3.32. The van der Waals surface area contributed by atoms with Crippen molar-refractivity contribution < 1.29 is 27.5 Å². The number of nitrogens with one attached hydrogen (secondary N) is 1. The number of hydrogen-bond acceptors (Lipinski definition) is 6. The van der Waals surface area contributed by atoms with Crippen LogP contribution in [0.2, 0.25) is 0 Å². The van der Waals surface area contributed by atoms with Crippen LogP contribution in [0.25, 0.3) is 0 Å². The predicted octanol–water partition coefficient (Wildman–Crippen LogP) is 2.52. The van der Waals surface area contributed by atoms with Crippen LogP contribution in [0.15, 0.2) is 47.4 Å². The largest absolute Gasteiger partial charge is 0.496 e. The smallest absolute Gasteiger partial charge is 0.342 e. The Kier molecular flexibility index (Phi) is 6.84. The molecule has 0 radical (unpaired) electrons. The number of fused-ring (bicyclic) bond motifs is 1. The van der Waals surface area contributed by atoms with E-state index < -0.39 is 28.5 Å². The second kappa shape index (κ2) is 9.38. The number of para-hydroxylation sites is 1. The third kappa shape index (κ3) is 4.82. The van der Waals surface area contributed by atoms with Gasteiger partial charge in [-0.25, -0.2) is 13.2 Å². The number of esters is 1. The van der Waals surface area contributed by atoms with E-state index in [-0.39, 0.29) is 22.3 Å². The van der Waals surface area contributed by atoms with Crippen LogP contribution < -0.4 is 14.4 Å². The third-order valence-electron chi connectivity index (χ3n) is 5.18. The summed E-state index contributed by atoms with van der Waals surface area (Å²) in [6.45, 7) is 3.62. The Morgan fingerprint density at radius 1 is 1.19 bits per heavy atom. The highest BCUT2D eigenvalue weighted by atomic mass is 32.2. The Hall–Kier alpha value is -3.07. The van der Waals surface area contributed by atoms with Crippen molar-refractivity contribution in [3.05, 3.63) is 53.6 Å². The molecule has 0 saturated carbocycles. The predicted molar refractivity (Wildman–Crippen MR) is 116 cm³/mol. The van der Waals surface area contributed by atoms with Gasteiger partial charge in [-0.15, -0.1) is 0 Å². The Morgan fingerprint density at radius 2 is 1.94 bits per heavy atom. The number of carbonyl (C=O) groups is 2.